The lowest BCUT2D eigenvalue weighted by Crippen LogP contribution is -2.45. The summed E-state index contributed by atoms with van der Waals surface area (Å²) >= 11 is 0. The van der Waals surface area contributed by atoms with Gasteiger partial charge in [0.1, 0.15) is 11.5 Å². The van der Waals surface area contributed by atoms with Gasteiger partial charge < -0.3 is 20.5 Å². The van der Waals surface area contributed by atoms with Crippen molar-refractivity contribution in [1.29, 1.82) is 0 Å². The van der Waals surface area contributed by atoms with Gasteiger partial charge in [0.2, 0.25) is 0 Å². The standard InChI is InChI=1S/C22H29N3O2.HI/c1-2-23-22(25-18-11-13-19(26)14-12-18)24-16-17-7-6-10-21(15-17)27-20-8-4-3-5-9-20;/h3-10,15,18-19,26H,2,11-14,16H2,1H3,(H2,23,24,25);1H. The van der Waals surface area contributed by atoms with E-state index in [0.717, 1.165) is 55.3 Å². The number of aliphatic hydroxyl groups excluding tert-OH is 1. The van der Waals surface area contributed by atoms with Gasteiger partial charge in [-0.3, -0.25) is 0 Å². The number of hydrogen-bond acceptors (Lipinski definition) is 3. The Hall–Kier alpha value is -1.80. The summed E-state index contributed by atoms with van der Waals surface area (Å²) in [6.07, 6.45) is 3.53. The normalized spacial score (nSPS) is 19.4. The first kappa shape index (κ1) is 22.5. The first-order chi connectivity index (χ1) is 13.2. The van der Waals surface area contributed by atoms with Crippen molar-refractivity contribution in [1.82, 2.24) is 10.6 Å². The highest BCUT2D eigenvalue weighted by Crippen LogP contribution is 2.22. The van der Waals surface area contributed by atoms with Crippen LogP contribution in [0.4, 0.5) is 0 Å². The van der Waals surface area contributed by atoms with Gasteiger partial charge in [-0.25, -0.2) is 4.99 Å². The maximum absolute atomic E-state index is 9.66. The van der Waals surface area contributed by atoms with Gasteiger partial charge in [0.25, 0.3) is 0 Å². The predicted octanol–water partition coefficient (Wildman–Crippen LogP) is 4.46. The first-order valence-electron chi connectivity index (χ1n) is 9.77. The number of rotatable bonds is 6. The number of para-hydroxylation sites is 1. The number of nitrogens with zero attached hydrogens (tertiary/aromatic N) is 1. The zero-order valence-corrected chi connectivity index (χ0v) is 18.6. The van der Waals surface area contributed by atoms with E-state index < -0.39 is 0 Å². The molecule has 0 saturated heterocycles. The van der Waals surface area contributed by atoms with E-state index >= 15 is 0 Å². The summed E-state index contributed by atoms with van der Waals surface area (Å²) in [7, 11) is 0. The molecule has 0 heterocycles. The molecule has 5 nitrogen and oxygen atoms in total. The molecule has 1 saturated carbocycles. The molecular formula is C22H30IN3O2. The van der Waals surface area contributed by atoms with Gasteiger partial charge in [0, 0.05) is 12.6 Å². The molecule has 2 aromatic carbocycles. The van der Waals surface area contributed by atoms with Crippen LogP contribution >= 0.6 is 24.0 Å². The second-order valence-electron chi connectivity index (χ2n) is 6.91. The quantitative estimate of drug-likeness (QED) is 0.315. The molecule has 152 valence electrons. The third kappa shape index (κ3) is 7.31. The van der Waals surface area contributed by atoms with Gasteiger partial charge in [-0.2, -0.15) is 0 Å². The number of hydrogen-bond donors (Lipinski definition) is 3. The van der Waals surface area contributed by atoms with Crippen LogP contribution in [-0.2, 0) is 6.54 Å². The van der Waals surface area contributed by atoms with Gasteiger partial charge in [0.05, 0.1) is 12.6 Å². The van der Waals surface area contributed by atoms with Crippen LogP contribution < -0.4 is 15.4 Å². The molecule has 6 heteroatoms. The molecule has 0 amide bonds. The van der Waals surface area contributed by atoms with E-state index in [1.807, 2.05) is 48.5 Å². The monoisotopic (exact) mass is 495 g/mol. The Kier molecular flexibility index (Phi) is 9.57. The van der Waals surface area contributed by atoms with Gasteiger partial charge in [-0.05, 0) is 62.4 Å². The molecule has 1 aliphatic carbocycles. The smallest absolute Gasteiger partial charge is 0.191 e. The molecule has 2 aromatic rings. The zero-order valence-electron chi connectivity index (χ0n) is 16.3. The summed E-state index contributed by atoms with van der Waals surface area (Å²) in [5, 5.41) is 16.5. The minimum absolute atomic E-state index is 0. The Balaban J connectivity index is 0.00000280. The van der Waals surface area contributed by atoms with Crippen molar-refractivity contribution in [3.63, 3.8) is 0 Å². The Morgan fingerprint density at radius 2 is 1.75 bits per heavy atom. The van der Waals surface area contributed by atoms with Crippen LogP contribution in [0.5, 0.6) is 11.5 Å². The van der Waals surface area contributed by atoms with Crippen LogP contribution in [0.3, 0.4) is 0 Å². The molecule has 0 aromatic heterocycles. The maximum Gasteiger partial charge on any atom is 0.191 e. The minimum Gasteiger partial charge on any atom is -0.457 e. The van der Waals surface area contributed by atoms with Gasteiger partial charge in [-0.1, -0.05) is 30.3 Å². The van der Waals surface area contributed by atoms with E-state index in [1.165, 1.54) is 0 Å². The van der Waals surface area contributed by atoms with Crippen LogP contribution in [0.15, 0.2) is 59.6 Å². The maximum atomic E-state index is 9.66. The summed E-state index contributed by atoms with van der Waals surface area (Å²) in [6.45, 7) is 3.46. The molecule has 28 heavy (non-hydrogen) atoms. The predicted molar refractivity (Wildman–Crippen MR) is 125 cm³/mol. The van der Waals surface area contributed by atoms with Crippen molar-refractivity contribution in [3.8, 4) is 11.5 Å². The molecular weight excluding hydrogens is 465 g/mol. The average molecular weight is 495 g/mol. The summed E-state index contributed by atoms with van der Waals surface area (Å²) < 4.78 is 5.90. The van der Waals surface area contributed by atoms with Crippen molar-refractivity contribution in [3.05, 3.63) is 60.2 Å². The van der Waals surface area contributed by atoms with E-state index in [2.05, 4.69) is 23.6 Å². The summed E-state index contributed by atoms with van der Waals surface area (Å²) in [4.78, 5) is 4.72. The van der Waals surface area contributed by atoms with Crippen LogP contribution in [0.2, 0.25) is 0 Å². The lowest BCUT2D eigenvalue weighted by atomic mass is 9.93. The molecule has 0 unspecified atom stereocenters. The SMILES string of the molecule is CCNC(=NCc1cccc(Oc2ccccc2)c1)NC1CCC(O)CC1.I. The molecule has 1 fully saturated rings. The van der Waals surface area contributed by atoms with Gasteiger partial charge in [-0.15, -0.1) is 24.0 Å². The average Bonchev–Trinajstić information content (AvgIpc) is 2.69. The minimum atomic E-state index is -0.144. The van der Waals surface area contributed by atoms with E-state index in [4.69, 9.17) is 9.73 Å². The highest BCUT2D eigenvalue weighted by atomic mass is 127. The molecule has 1 aliphatic rings. The third-order valence-corrected chi connectivity index (χ3v) is 4.68. The number of ether oxygens (including phenoxy) is 1. The Bertz CT molecular complexity index is 732. The zero-order chi connectivity index (χ0) is 18.9. The lowest BCUT2D eigenvalue weighted by Gasteiger charge is -2.27. The van der Waals surface area contributed by atoms with Crippen LogP contribution in [-0.4, -0.2) is 29.8 Å². The lowest BCUT2D eigenvalue weighted by molar-refractivity contribution is 0.120. The summed E-state index contributed by atoms with van der Waals surface area (Å²) in [6, 6.07) is 18.2. The second-order valence-corrected chi connectivity index (χ2v) is 6.91. The van der Waals surface area contributed by atoms with E-state index in [1.54, 1.807) is 0 Å². The Morgan fingerprint density at radius 3 is 2.46 bits per heavy atom. The molecule has 0 radical (unpaired) electrons. The fraction of sp³-hybridized carbons (Fsp3) is 0.409. The molecule has 0 atom stereocenters. The topological polar surface area (TPSA) is 65.9 Å². The van der Waals surface area contributed by atoms with Crippen LogP contribution in [0.1, 0.15) is 38.2 Å². The Morgan fingerprint density at radius 1 is 1.04 bits per heavy atom. The fourth-order valence-corrected chi connectivity index (χ4v) is 3.24. The fourth-order valence-electron chi connectivity index (χ4n) is 3.24. The van der Waals surface area contributed by atoms with E-state index in [9.17, 15) is 5.11 Å². The summed E-state index contributed by atoms with van der Waals surface area (Å²) in [5.41, 5.74) is 1.10. The van der Waals surface area contributed by atoms with Crippen LogP contribution in [0, 0.1) is 0 Å². The highest BCUT2D eigenvalue weighted by molar-refractivity contribution is 14.0. The van der Waals surface area contributed by atoms with Crippen molar-refractivity contribution in [2.45, 2.75) is 51.3 Å². The molecule has 0 aliphatic heterocycles. The van der Waals surface area contributed by atoms with Crippen LogP contribution in [0.25, 0.3) is 0 Å². The van der Waals surface area contributed by atoms with Gasteiger partial charge >= 0.3 is 0 Å². The van der Waals surface area contributed by atoms with Crippen molar-refractivity contribution >= 4 is 29.9 Å². The van der Waals surface area contributed by atoms with Crippen molar-refractivity contribution in [2.24, 2.45) is 4.99 Å². The molecule has 3 N–H and O–H groups in total. The summed E-state index contributed by atoms with van der Waals surface area (Å²) in [5.74, 6) is 2.47. The van der Waals surface area contributed by atoms with E-state index in [-0.39, 0.29) is 30.1 Å². The highest BCUT2D eigenvalue weighted by Gasteiger charge is 2.19. The Labute approximate surface area is 184 Å². The number of nitrogens with one attached hydrogen (secondary N) is 2. The molecule has 3 rings (SSSR count). The number of halogens is 1. The second kappa shape index (κ2) is 11.9. The third-order valence-electron chi connectivity index (χ3n) is 4.68. The number of aliphatic hydroxyl groups is 1. The van der Waals surface area contributed by atoms with Crippen molar-refractivity contribution in [2.75, 3.05) is 6.54 Å². The number of benzene rings is 2. The molecule has 0 spiro atoms. The first-order valence-corrected chi connectivity index (χ1v) is 9.77. The number of aliphatic imine (C=N–C) groups is 1. The molecule has 0 bridgehead atoms. The number of guanidine groups is 1. The van der Waals surface area contributed by atoms with Crippen molar-refractivity contribution < 1.29 is 9.84 Å². The van der Waals surface area contributed by atoms with Gasteiger partial charge in [0.15, 0.2) is 5.96 Å². The van der Waals surface area contributed by atoms with E-state index in [0.29, 0.717) is 12.6 Å². The largest absolute Gasteiger partial charge is 0.457 e.